The van der Waals surface area contributed by atoms with Crippen molar-refractivity contribution >= 4 is 35.6 Å². The first-order valence-corrected chi connectivity index (χ1v) is 9.14. The van der Waals surface area contributed by atoms with Gasteiger partial charge >= 0.3 is 23.9 Å². The molecule has 1 N–H and O–H groups in total. The summed E-state index contributed by atoms with van der Waals surface area (Å²) in [5.74, 6) is -2.43. The molecule has 0 aromatic heterocycles. The predicted octanol–water partition coefficient (Wildman–Crippen LogP) is 1.49. The van der Waals surface area contributed by atoms with Gasteiger partial charge in [0.2, 0.25) is 0 Å². The third-order valence-corrected chi connectivity index (χ3v) is 4.39. The molecule has 1 rings (SSSR count). The molecule has 0 radical (unpaired) electrons. The fourth-order valence-corrected chi connectivity index (χ4v) is 3.07. The number of hydrogen-bond donors (Lipinski definition) is 1. The van der Waals surface area contributed by atoms with Crippen LogP contribution in [0.15, 0.2) is 25.3 Å². The Bertz CT molecular complexity index is 529. The maximum absolute atomic E-state index is 11.9. The Labute approximate surface area is 155 Å². The Morgan fingerprint density at radius 2 is 1.38 bits per heavy atom. The third kappa shape index (κ3) is 8.70. The standard InChI is InChI=1S/C17H22O8S/c1-3-15(20)23-11-7-12(24-16(21)4-2)9-13(8-11)25-17(22)5-6-26-10-14(18)19/h3-4,11-13H,1-2,5-10H2,(H,18,19)/t11-,12+,13-. The maximum Gasteiger partial charge on any atom is 0.330 e. The number of rotatable bonds is 10. The highest BCUT2D eigenvalue weighted by Gasteiger charge is 2.34. The molecule has 0 aromatic rings. The van der Waals surface area contributed by atoms with Crippen molar-refractivity contribution in [3.63, 3.8) is 0 Å². The number of thioether (sulfide) groups is 1. The zero-order valence-corrected chi connectivity index (χ0v) is 15.1. The van der Waals surface area contributed by atoms with E-state index >= 15 is 0 Å². The van der Waals surface area contributed by atoms with Gasteiger partial charge in [-0.15, -0.1) is 11.8 Å². The van der Waals surface area contributed by atoms with Crippen LogP contribution in [0.4, 0.5) is 0 Å². The maximum atomic E-state index is 11.9. The molecule has 26 heavy (non-hydrogen) atoms. The highest BCUT2D eigenvalue weighted by molar-refractivity contribution is 7.99. The summed E-state index contributed by atoms with van der Waals surface area (Å²) in [6, 6.07) is 0. The van der Waals surface area contributed by atoms with Gasteiger partial charge < -0.3 is 19.3 Å². The van der Waals surface area contributed by atoms with E-state index in [-0.39, 0.29) is 25.0 Å². The monoisotopic (exact) mass is 386 g/mol. The number of esters is 3. The van der Waals surface area contributed by atoms with Crippen LogP contribution in [0.2, 0.25) is 0 Å². The van der Waals surface area contributed by atoms with Gasteiger partial charge in [-0.05, 0) is 0 Å². The second-order valence-electron chi connectivity index (χ2n) is 5.54. The number of carbonyl (C=O) groups excluding carboxylic acids is 3. The summed E-state index contributed by atoms with van der Waals surface area (Å²) in [7, 11) is 0. The number of carboxylic acid groups (broad SMARTS) is 1. The number of carboxylic acids is 1. The van der Waals surface area contributed by atoms with Crippen molar-refractivity contribution in [1.82, 2.24) is 0 Å². The highest BCUT2D eigenvalue weighted by atomic mass is 32.2. The van der Waals surface area contributed by atoms with Crippen LogP contribution in [0.3, 0.4) is 0 Å². The minimum Gasteiger partial charge on any atom is -0.481 e. The second-order valence-corrected chi connectivity index (χ2v) is 6.65. The van der Waals surface area contributed by atoms with Crippen LogP contribution in [0.5, 0.6) is 0 Å². The van der Waals surface area contributed by atoms with Gasteiger partial charge in [0.25, 0.3) is 0 Å². The molecule has 144 valence electrons. The van der Waals surface area contributed by atoms with Gasteiger partial charge in [-0.25, -0.2) is 9.59 Å². The predicted molar refractivity (Wildman–Crippen MR) is 93.5 cm³/mol. The molecule has 1 saturated carbocycles. The van der Waals surface area contributed by atoms with Crippen molar-refractivity contribution in [3.05, 3.63) is 25.3 Å². The van der Waals surface area contributed by atoms with Gasteiger partial charge in [0.15, 0.2) is 0 Å². The molecule has 1 fully saturated rings. The zero-order chi connectivity index (χ0) is 19.5. The zero-order valence-electron chi connectivity index (χ0n) is 14.3. The molecule has 0 aromatic carbocycles. The van der Waals surface area contributed by atoms with Crippen molar-refractivity contribution < 1.29 is 38.5 Å². The lowest BCUT2D eigenvalue weighted by molar-refractivity contribution is -0.165. The van der Waals surface area contributed by atoms with Crippen LogP contribution in [0.1, 0.15) is 25.7 Å². The van der Waals surface area contributed by atoms with Crippen LogP contribution in [-0.4, -0.2) is 58.8 Å². The number of aliphatic carboxylic acids is 1. The summed E-state index contributed by atoms with van der Waals surface area (Å²) in [5, 5.41) is 8.55. The van der Waals surface area contributed by atoms with E-state index in [0.29, 0.717) is 12.2 Å². The Hall–Kier alpha value is -2.29. The molecule has 0 unspecified atom stereocenters. The third-order valence-electron chi connectivity index (χ3n) is 3.45. The van der Waals surface area contributed by atoms with Gasteiger partial charge in [0.1, 0.15) is 18.3 Å². The first-order valence-electron chi connectivity index (χ1n) is 7.99. The molecule has 0 heterocycles. The molecule has 3 atom stereocenters. The van der Waals surface area contributed by atoms with Gasteiger partial charge in [0, 0.05) is 37.2 Å². The molecule has 0 bridgehead atoms. The summed E-state index contributed by atoms with van der Waals surface area (Å²) in [4.78, 5) is 45.1. The van der Waals surface area contributed by atoms with Crippen LogP contribution >= 0.6 is 11.8 Å². The van der Waals surface area contributed by atoms with Crippen LogP contribution in [0, 0.1) is 0 Å². The van der Waals surface area contributed by atoms with Gasteiger partial charge in [-0.3, -0.25) is 9.59 Å². The molecule has 1 aliphatic carbocycles. The topological polar surface area (TPSA) is 116 Å². The van der Waals surface area contributed by atoms with Crippen LogP contribution in [-0.2, 0) is 33.4 Å². The minimum absolute atomic E-state index is 0.0582. The van der Waals surface area contributed by atoms with E-state index in [0.717, 1.165) is 23.9 Å². The average molecular weight is 386 g/mol. The first kappa shape index (κ1) is 21.8. The van der Waals surface area contributed by atoms with E-state index in [2.05, 4.69) is 13.2 Å². The molecular weight excluding hydrogens is 364 g/mol. The lowest BCUT2D eigenvalue weighted by atomic mass is 9.92. The quantitative estimate of drug-likeness (QED) is 0.258. The fraction of sp³-hybridized carbons (Fsp3) is 0.529. The number of ether oxygens (including phenoxy) is 3. The van der Waals surface area contributed by atoms with Gasteiger partial charge in [-0.2, -0.15) is 0 Å². The Morgan fingerprint density at radius 3 is 1.81 bits per heavy atom. The lowest BCUT2D eigenvalue weighted by Gasteiger charge is -2.33. The Balaban J connectivity index is 2.56. The molecule has 0 saturated heterocycles. The summed E-state index contributed by atoms with van der Waals surface area (Å²) < 4.78 is 15.7. The smallest absolute Gasteiger partial charge is 0.330 e. The van der Waals surface area contributed by atoms with E-state index < -0.39 is 42.2 Å². The lowest BCUT2D eigenvalue weighted by Crippen LogP contribution is -2.39. The van der Waals surface area contributed by atoms with Crippen molar-refractivity contribution in [1.29, 1.82) is 0 Å². The number of hydrogen-bond acceptors (Lipinski definition) is 8. The molecule has 8 nitrogen and oxygen atoms in total. The summed E-state index contributed by atoms with van der Waals surface area (Å²) in [6.45, 7) is 6.65. The Kier molecular flexibility index (Phi) is 9.50. The van der Waals surface area contributed by atoms with E-state index in [1.807, 2.05) is 0 Å². The molecule has 0 amide bonds. The van der Waals surface area contributed by atoms with Crippen molar-refractivity contribution in [2.24, 2.45) is 0 Å². The minimum atomic E-state index is -0.950. The second kappa shape index (κ2) is 11.3. The summed E-state index contributed by atoms with van der Waals surface area (Å²) >= 11 is 1.11. The molecule has 1 aliphatic rings. The highest BCUT2D eigenvalue weighted by Crippen LogP contribution is 2.27. The molecule has 9 heteroatoms. The van der Waals surface area contributed by atoms with Crippen LogP contribution < -0.4 is 0 Å². The van der Waals surface area contributed by atoms with E-state index in [1.165, 1.54) is 0 Å². The van der Waals surface area contributed by atoms with Crippen LogP contribution in [0.25, 0.3) is 0 Å². The van der Waals surface area contributed by atoms with Crippen molar-refractivity contribution in [3.8, 4) is 0 Å². The fourth-order valence-electron chi connectivity index (χ4n) is 2.44. The first-order chi connectivity index (χ1) is 12.3. The van der Waals surface area contributed by atoms with E-state index in [9.17, 15) is 19.2 Å². The average Bonchev–Trinajstić information content (AvgIpc) is 2.58. The Morgan fingerprint density at radius 1 is 0.923 bits per heavy atom. The van der Waals surface area contributed by atoms with Gasteiger partial charge in [-0.1, -0.05) is 13.2 Å². The molecular formula is C17H22O8S. The summed E-state index contributed by atoms with van der Waals surface area (Å²) in [5.41, 5.74) is 0. The van der Waals surface area contributed by atoms with Crippen molar-refractivity contribution in [2.45, 2.75) is 44.0 Å². The van der Waals surface area contributed by atoms with E-state index in [1.54, 1.807) is 0 Å². The SMILES string of the molecule is C=CC(=O)O[C@@H]1C[C@H](OC(=O)C=C)C[C@H](OC(=O)CCSCC(=O)O)C1. The largest absolute Gasteiger partial charge is 0.481 e. The molecule has 0 aliphatic heterocycles. The van der Waals surface area contributed by atoms with Crippen molar-refractivity contribution in [2.75, 3.05) is 11.5 Å². The molecule has 0 spiro atoms. The normalized spacial score (nSPS) is 21.9. The van der Waals surface area contributed by atoms with Gasteiger partial charge in [0.05, 0.1) is 12.2 Å². The van der Waals surface area contributed by atoms with E-state index in [4.69, 9.17) is 19.3 Å². The number of carbonyl (C=O) groups is 4. The summed E-state index contributed by atoms with van der Waals surface area (Å²) in [6.07, 6.45) is 1.26.